The highest BCUT2D eigenvalue weighted by molar-refractivity contribution is 5.88. The number of rotatable bonds is 7. The molecule has 0 bridgehead atoms. The van der Waals surface area contributed by atoms with Gasteiger partial charge >= 0.3 is 0 Å². The molecule has 0 aliphatic carbocycles. The summed E-state index contributed by atoms with van der Waals surface area (Å²) in [6, 6.07) is 6.23. The zero-order chi connectivity index (χ0) is 20.3. The summed E-state index contributed by atoms with van der Waals surface area (Å²) < 4.78 is 65.9. The van der Waals surface area contributed by atoms with Gasteiger partial charge in [-0.3, -0.25) is 14.8 Å². The van der Waals surface area contributed by atoms with Gasteiger partial charge in [0.1, 0.15) is 30.1 Å². The van der Waals surface area contributed by atoms with Gasteiger partial charge in [0.25, 0.3) is 12.9 Å². The molecule has 1 aromatic carbocycles. The van der Waals surface area contributed by atoms with Crippen molar-refractivity contribution in [3.63, 3.8) is 0 Å². The second kappa shape index (κ2) is 8.15. The van der Waals surface area contributed by atoms with Gasteiger partial charge in [0.15, 0.2) is 0 Å². The normalized spacial score (nSPS) is 11.4. The van der Waals surface area contributed by atoms with E-state index in [-0.39, 0.29) is 18.3 Å². The molecular weight excluding hydrogens is 387 g/mol. The van der Waals surface area contributed by atoms with Crippen LogP contribution in [-0.2, 0) is 17.9 Å². The van der Waals surface area contributed by atoms with Gasteiger partial charge in [0, 0.05) is 0 Å². The number of nitrogens with one attached hydrogen (secondary N) is 1. The van der Waals surface area contributed by atoms with Crippen molar-refractivity contribution in [1.82, 2.24) is 24.5 Å². The van der Waals surface area contributed by atoms with E-state index in [1.165, 1.54) is 23.1 Å². The second-order valence-corrected chi connectivity index (χ2v) is 5.69. The third kappa shape index (κ3) is 4.69. The van der Waals surface area contributed by atoms with Gasteiger partial charge in [0.2, 0.25) is 11.9 Å². The molecule has 0 spiro atoms. The third-order valence-electron chi connectivity index (χ3n) is 3.62. The number of anilines is 1. The van der Waals surface area contributed by atoms with Crippen molar-refractivity contribution in [2.24, 2.45) is 0 Å². The summed E-state index contributed by atoms with van der Waals surface area (Å²) in [6.07, 6.45) is -4.79. The number of hydrogen-bond donors (Lipinski definition) is 1. The van der Waals surface area contributed by atoms with E-state index in [0.717, 1.165) is 5.56 Å². The molecule has 0 unspecified atom stereocenters. The van der Waals surface area contributed by atoms with Crippen LogP contribution in [0.15, 0.2) is 36.7 Å². The number of nitrogens with zero attached hydrogens (tertiary/aromatic N) is 5. The van der Waals surface area contributed by atoms with Crippen LogP contribution in [0, 0.1) is 5.82 Å². The largest absolute Gasteiger partial charge is 0.292 e. The fourth-order valence-corrected chi connectivity index (χ4v) is 2.37. The van der Waals surface area contributed by atoms with Crippen molar-refractivity contribution in [2.75, 3.05) is 5.32 Å². The van der Waals surface area contributed by atoms with Crippen LogP contribution in [0.2, 0.25) is 0 Å². The first-order valence-electron chi connectivity index (χ1n) is 7.89. The van der Waals surface area contributed by atoms with Crippen molar-refractivity contribution < 1.29 is 26.7 Å². The Morgan fingerprint density at radius 3 is 2.43 bits per heavy atom. The minimum atomic E-state index is -3.07. The van der Waals surface area contributed by atoms with Crippen LogP contribution in [-0.4, -0.2) is 30.5 Å². The van der Waals surface area contributed by atoms with Crippen LogP contribution in [0.3, 0.4) is 0 Å². The highest BCUT2D eigenvalue weighted by Crippen LogP contribution is 2.25. The van der Waals surface area contributed by atoms with E-state index < -0.39 is 36.7 Å². The topological polar surface area (TPSA) is 77.6 Å². The van der Waals surface area contributed by atoms with Gasteiger partial charge in [-0.05, 0) is 23.8 Å². The Bertz CT molecular complexity index is 953. The molecule has 0 saturated carbocycles. The lowest BCUT2D eigenvalue weighted by Gasteiger charge is -2.06. The summed E-state index contributed by atoms with van der Waals surface area (Å²) in [4.78, 5) is 15.9. The van der Waals surface area contributed by atoms with Gasteiger partial charge in [0.05, 0.1) is 6.54 Å². The maximum atomic E-state index is 12.9. The van der Waals surface area contributed by atoms with E-state index in [2.05, 4.69) is 20.5 Å². The van der Waals surface area contributed by atoms with Crippen molar-refractivity contribution in [1.29, 1.82) is 0 Å². The molecule has 7 nitrogen and oxygen atoms in total. The first-order chi connectivity index (χ1) is 13.3. The monoisotopic (exact) mass is 400 g/mol. The Morgan fingerprint density at radius 2 is 1.79 bits per heavy atom. The Labute approximate surface area is 154 Å². The van der Waals surface area contributed by atoms with Gasteiger partial charge in [-0.1, -0.05) is 12.1 Å². The number of amides is 1. The first-order valence-corrected chi connectivity index (χ1v) is 7.89. The lowest BCUT2D eigenvalue weighted by Crippen LogP contribution is -2.22. The van der Waals surface area contributed by atoms with Crippen molar-refractivity contribution in [3.05, 3.63) is 59.4 Å². The maximum absolute atomic E-state index is 12.9. The van der Waals surface area contributed by atoms with Crippen LogP contribution in [0.1, 0.15) is 29.8 Å². The highest BCUT2D eigenvalue weighted by Gasteiger charge is 2.22. The van der Waals surface area contributed by atoms with Crippen molar-refractivity contribution in [2.45, 2.75) is 25.9 Å². The molecule has 0 aliphatic rings. The summed E-state index contributed by atoms with van der Waals surface area (Å²) in [5.74, 6) is -1.30. The molecule has 1 N–H and O–H groups in total. The fourth-order valence-electron chi connectivity index (χ4n) is 2.37. The van der Waals surface area contributed by atoms with E-state index in [9.17, 15) is 26.7 Å². The molecule has 0 fully saturated rings. The summed E-state index contributed by atoms with van der Waals surface area (Å²) in [7, 11) is 0. The lowest BCUT2D eigenvalue weighted by atomic mass is 10.2. The van der Waals surface area contributed by atoms with Crippen LogP contribution in [0.25, 0.3) is 0 Å². The molecule has 0 aliphatic heterocycles. The predicted octanol–water partition coefficient (Wildman–Crippen LogP) is 3.18. The SMILES string of the molecule is O=C(Cn1nc(C(F)F)cc1C(F)F)Nc1ncn(Cc2ccc(F)cc2)n1. The molecule has 3 aromatic rings. The van der Waals surface area contributed by atoms with Crippen molar-refractivity contribution >= 4 is 11.9 Å². The minimum absolute atomic E-state index is 0.105. The zero-order valence-corrected chi connectivity index (χ0v) is 14.1. The predicted molar refractivity (Wildman–Crippen MR) is 86.3 cm³/mol. The molecule has 1 amide bonds. The quantitative estimate of drug-likeness (QED) is 0.618. The van der Waals surface area contributed by atoms with E-state index >= 15 is 0 Å². The lowest BCUT2D eigenvalue weighted by molar-refractivity contribution is -0.117. The summed E-state index contributed by atoms with van der Waals surface area (Å²) in [5, 5.41) is 9.59. The van der Waals surface area contributed by atoms with Crippen LogP contribution < -0.4 is 5.32 Å². The fraction of sp³-hybridized carbons (Fsp3) is 0.250. The van der Waals surface area contributed by atoms with Gasteiger partial charge in [-0.2, -0.15) is 5.10 Å². The average Bonchev–Trinajstić information content (AvgIpc) is 3.24. The number of aromatic nitrogens is 5. The molecule has 2 heterocycles. The third-order valence-corrected chi connectivity index (χ3v) is 3.62. The maximum Gasteiger partial charge on any atom is 0.282 e. The standard InChI is InChI=1S/C16H13F5N6O/c17-10-3-1-9(2-4-10)6-26-8-22-16(25-26)23-13(28)7-27-12(15(20)21)5-11(24-27)14(18)19/h1-5,8,14-15H,6-7H2,(H,23,25,28). The number of carbonyl (C=O) groups is 1. The number of alkyl halides is 4. The highest BCUT2D eigenvalue weighted by atomic mass is 19.3. The molecule has 3 rings (SSSR count). The Kier molecular flexibility index (Phi) is 5.66. The smallest absolute Gasteiger partial charge is 0.282 e. The Morgan fingerprint density at radius 1 is 1.07 bits per heavy atom. The molecule has 0 atom stereocenters. The van der Waals surface area contributed by atoms with E-state index in [4.69, 9.17) is 0 Å². The minimum Gasteiger partial charge on any atom is -0.292 e. The summed E-state index contributed by atoms with van der Waals surface area (Å²) in [6.45, 7) is -0.450. The molecule has 0 radical (unpaired) electrons. The molecule has 0 saturated heterocycles. The molecule has 2 aromatic heterocycles. The zero-order valence-electron chi connectivity index (χ0n) is 14.1. The number of carbonyl (C=O) groups excluding carboxylic acids is 1. The Balaban J connectivity index is 1.64. The number of halogens is 5. The first kappa shape index (κ1) is 19.5. The van der Waals surface area contributed by atoms with Crippen molar-refractivity contribution in [3.8, 4) is 0 Å². The van der Waals surface area contributed by atoms with Crippen LogP contribution in [0.4, 0.5) is 27.9 Å². The summed E-state index contributed by atoms with van der Waals surface area (Å²) >= 11 is 0. The molecule has 12 heteroatoms. The van der Waals surface area contributed by atoms with Gasteiger partial charge < -0.3 is 0 Å². The van der Waals surface area contributed by atoms with Gasteiger partial charge in [-0.25, -0.2) is 31.6 Å². The molecule has 148 valence electrons. The molecule has 28 heavy (non-hydrogen) atoms. The van der Waals surface area contributed by atoms with E-state index in [1.807, 2.05) is 0 Å². The number of hydrogen-bond acceptors (Lipinski definition) is 4. The van der Waals surface area contributed by atoms with Crippen LogP contribution in [0.5, 0.6) is 0 Å². The molecular formula is C16H13F5N6O. The summed E-state index contributed by atoms with van der Waals surface area (Å²) in [5.41, 5.74) is -0.896. The van der Waals surface area contributed by atoms with Crippen LogP contribution >= 0.6 is 0 Å². The van der Waals surface area contributed by atoms with E-state index in [1.54, 1.807) is 12.1 Å². The second-order valence-electron chi connectivity index (χ2n) is 5.69. The Hall–Kier alpha value is -3.31. The average molecular weight is 400 g/mol. The van der Waals surface area contributed by atoms with Gasteiger partial charge in [-0.15, -0.1) is 5.10 Å². The number of benzene rings is 1. The van der Waals surface area contributed by atoms with E-state index in [0.29, 0.717) is 10.7 Å².